The van der Waals surface area contributed by atoms with Crippen LogP contribution in [0.1, 0.15) is 20.8 Å². The maximum Gasteiger partial charge on any atom is 0.247 e. The van der Waals surface area contributed by atoms with Crippen molar-refractivity contribution < 1.29 is 1.43 Å². The van der Waals surface area contributed by atoms with Gasteiger partial charge in [-0.1, -0.05) is 19.9 Å². The standard InChI is InChI=1S/C6H7NO.C2H6.H2/c1-5-2-3-6(8)7-4-5;1-2;/h2-4H,1H3,(H,7,8);1-2H3;1H. The Morgan fingerprint density at radius 1 is 1.40 bits per heavy atom. The maximum atomic E-state index is 10.4. The van der Waals surface area contributed by atoms with Crippen LogP contribution in [0.25, 0.3) is 0 Å². The number of hydrogen-bond acceptors (Lipinski definition) is 1. The number of nitrogens with one attached hydrogen (secondary N) is 1. The number of H-pyrrole nitrogens is 1. The van der Waals surface area contributed by atoms with Gasteiger partial charge in [-0.2, -0.15) is 0 Å². The van der Waals surface area contributed by atoms with E-state index >= 15 is 0 Å². The summed E-state index contributed by atoms with van der Waals surface area (Å²) >= 11 is 0. The summed E-state index contributed by atoms with van der Waals surface area (Å²) in [4.78, 5) is 12.9. The van der Waals surface area contributed by atoms with Crippen LogP contribution in [0.4, 0.5) is 0 Å². The summed E-state index contributed by atoms with van der Waals surface area (Å²) in [5, 5.41) is 0. The lowest BCUT2D eigenvalue weighted by Crippen LogP contribution is -2.00. The first-order valence-corrected chi connectivity index (χ1v) is 3.44. The van der Waals surface area contributed by atoms with E-state index in [1.807, 2.05) is 20.8 Å². The Morgan fingerprint density at radius 3 is 2.30 bits per heavy atom. The van der Waals surface area contributed by atoms with Gasteiger partial charge in [0.05, 0.1) is 0 Å². The number of aryl methyl sites for hydroxylation is 1. The fraction of sp³-hybridized carbons (Fsp3) is 0.375. The minimum absolute atomic E-state index is 0. The maximum absolute atomic E-state index is 10.4. The molecule has 0 saturated heterocycles. The lowest BCUT2D eigenvalue weighted by atomic mass is 10.3. The summed E-state index contributed by atoms with van der Waals surface area (Å²) in [5.41, 5.74) is 1.03. The van der Waals surface area contributed by atoms with Crippen molar-refractivity contribution in [3.8, 4) is 0 Å². The molecule has 0 aliphatic rings. The second-order valence-electron chi connectivity index (χ2n) is 1.73. The van der Waals surface area contributed by atoms with Gasteiger partial charge in [0.15, 0.2) is 0 Å². The lowest BCUT2D eigenvalue weighted by molar-refractivity contribution is 1.20. The molecule has 0 fully saturated rings. The number of rotatable bonds is 0. The molecule has 0 radical (unpaired) electrons. The van der Waals surface area contributed by atoms with Gasteiger partial charge in [-0.3, -0.25) is 4.79 Å². The van der Waals surface area contributed by atoms with E-state index in [0.717, 1.165) is 5.56 Å². The van der Waals surface area contributed by atoms with Crippen molar-refractivity contribution in [1.29, 1.82) is 0 Å². The summed E-state index contributed by atoms with van der Waals surface area (Å²) < 4.78 is 0. The fourth-order valence-electron chi connectivity index (χ4n) is 0.488. The highest BCUT2D eigenvalue weighted by molar-refractivity contribution is 5.04. The molecule has 10 heavy (non-hydrogen) atoms. The van der Waals surface area contributed by atoms with Gasteiger partial charge in [-0.25, -0.2) is 0 Å². The van der Waals surface area contributed by atoms with Crippen molar-refractivity contribution >= 4 is 0 Å². The zero-order valence-corrected chi connectivity index (χ0v) is 6.64. The molecular formula is C8H15NO. The molecule has 2 heteroatoms. The average Bonchev–Trinajstić information content (AvgIpc) is 2.00. The summed E-state index contributed by atoms with van der Waals surface area (Å²) in [5.74, 6) is 0. The van der Waals surface area contributed by atoms with E-state index in [4.69, 9.17) is 0 Å². The monoisotopic (exact) mass is 141 g/mol. The molecule has 1 aromatic heterocycles. The normalized spacial score (nSPS) is 7.90. The first kappa shape index (κ1) is 8.95. The molecule has 0 amide bonds. The van der Waals surface area contributed by atoms with Crippen LogP contribution in [-0.4, -0.2) is 4.98 Å². The first-order valence-electron chi connectivity index (χ1n) is 3.44. The highest BCUT2D eigenvalue weighted by Gasteiger charge is 1.78. The Kier molecular flexibility index (Phi) is 4.29. The highest BCUT2D eigenvalue weighted by Crippen LogP contribution is 1.84. The van der Waals surface area contributed by atoms with Gasteiger partial charge >= 0.3 is 0 Å². The van der Waals surface area contributed by atoms with Crippen LogP contribution in [0, 0.1) is 6.92 Å². The van der Waals surface area contributed by atoms with E-state index in [-0.39, 0.29) is 6.99 Å². The van der Waals surface area contributed by atoms with Gasteiger partial charge in [0.2, 0.25) is 5.56 Å². The molecule has 2 nitrogen and oxygen atoms in total. The van der Waals surface area contributed by atoms with Crippen LogP contribution in [0.15, 0.2) is 23.1 Å². The van der Waals surface area contributed by atoms with Crippen molar-refractivity contribution in [1.82, 2.24) is 4.98 Å². The molecule has 1 heterocycles. The molecule has 58 valence electrons. The van der Waals surface area contributed by atoms with Gasteiger partial charge in [0.1, 0.15) is 0 Å². The lowest BCUT2D eigenvalue weighted by Gasteiger charge is -1.83. The van der Waals surface area contributed by atoms with Crippen molar-refractivity contribution in [2.75, 3.05) is 0 Å². The Morgan fingerprint density at radius 2 is 2.00 bits per heavy atom. The largest absolute Gasteiger partial charge is 0.329 e. The molecular weight excluding hydrogens is 126 g/mol. The van der Waals surface area contributed by atoms with E-state index in [1.54, 1.807) is 12.3 Å². The number of aromatic nitrogens is 1. The Balaban J connectivity index is 0. The molecule has 0 aromatic carbocycles. The second kappa shape index (κ2) is 4.79. The van der Waals surface area contributed by atoms with Crippen molar-refractivity contribution in [2.24, 2.45) is 0 Å². The van der Waals surface area contributed by atoms with Crippen LogP contribution in [0.3, 0.4) is 0 Å². The molecule has 1 N–H and O–H groups in total. The molecule has 1 aromatic rings. The number of hydrogen-bond donors (Lipinski definition) is 1. The molecule has 0 bridgehead atoms. The predicted octanol–water partition coefficient (Wildman–Crippen LogP) is 1.96. The molecule has 1 rings (SSSR count). The van der Waals surface area contributed by atoms with Crippen LogP contribution >= 0.6 is 0 Å². The predicted molar refractivity (Wildman–Crippen MR) is 45.3 cm³/mol. The van der Waals surface area contributed by atoms with Crippen molar-refractivity contribution in [2.45, 2.75) is 20.8 Å². The summed E-state index contributed by atoms with van der Waals surface area (Å²) in [6, 6.07) is 3.29. The van der Waals surface area contributed by atoms with E-state index in [0.29, 0.717) is 0 Å². The van der Waals surface area contributed by atoms with Crippen LogP contribution in [0.2, 0.25) is 0 Å². The minimum atomic E-state index is -0.0457. The third-order valence-corrected chi connectivity index (χ3v) is 0.940. The first-order chi connectivity index (χ1) is 4.79. The molecule has 0 aliphatic heterocycles. The molecule has 0 spiro atoms. The Bertz CT molecular complexity index is 211. The van der Waals surface area contributed by atoms with Crippen LogP contribution in [0.5, 0.6) is 0 Å². The Labute approximate surface area is 62.4 Å². The number of pyridine rings is 1. The Hall–Kier alpha value is -1.05. The van der Waals surface area contributed by atoms with Crippen molar-refractivity contribution in [3.63, 3.8) is 0 Å². The quantitative estimate of drug-likeness (QED) is 0.588. The van der Waals surface area contributed by atoms with E-state index < -0.39 is 0 Å². The van der Waals surface area contributed by atoms with E-state index in [1.165, 1.54) is 6.07 Å². The van der Waals surface area contributed by atoms with E-state index in [9.17, 15) is 4.79 Å². The fourth-order valence-corrected chi connectivity index (χ4v) is 0.488. The zero-order chi connectivity index (χ0) is 7.98. The van der Waals surface area contributed by atoms with Gasteiger partial charge in [0, 0.05) is 13.7 Å². The number of aromatic amines is 1. The summed E-state index contributed by atoms with van der Waals surface area (Å²) in [6.45, 7) is 5.93. The third-order valence-electron chi connectivity index (χ3n) is 0.940. The topological polar surface area (TPSA) is 32.9 Å². The van der Waals surface area contributed by atoms with Crippen LogP contribution in [-0.2, 0) is 0 Å². The molecule has 0 atom stereocenters. The van der Waals surface area contributed by atoms with Gasteiger partial charge < -0.3 is 4.98 Å². The summed E-state index contributed by atoms with van der Waals surface area (Å²) in [6.07, 6.45) is 1.68. The SMILES string of the molecule is CC.Cc1ccc(=O)[nH]c1.[HH]. The van der Waals surface area contributed by atoms with Gasteiger partial charge in [0.25, 0.3) is 0 Å². The highest BCUT2D eigenvalue weighted by atomic mass is 16.1. The average molecular weight is 141 g/mol. The van der Waals surface area contributed by atoms with Crippen molar-refractivity contribution in [3.05, 3.63) is 34.2 Å². The molecule has 0 saturated carbocycles. The second-order valence-corrected chi connectivity index (χ2v) is 1.73. The van der Waals surface area contributed by atoms with Gasteiger partial charge in [-0.15, -0.1) is 0 Å². The minimum Gasteiger partial charge on any atom is -0.329 e. The zero-order valence-electron chi connectivity index (χ0n) is 6.64. The third kappa shape index (κ3) is 3.07. The van der Waals surface area contributed by atoms with Gasteiger partial charge in [-0.05, 0) is 12.5 Å². The smallest absolute Gasteiger partial charge is 0.247 e. The van der Waals surface area contributed by atoms with Crippen LogP contribution < -0.4 is 5.56 Å². The molecule has 0 aliphatic carbocycles. The summed E-state index contributed by atoms with van der Waals surface area (Å²) in [7, 11) is 0. The molecule has 0 unspecified atom stereocenters. The van der Waals surface area contributed by atoms with E-state index in [2.05, 4.69) is 4.98 Å².